The van der Waals surface area contributed by atoms with Gasteiger partial charge in [0, 0.05) is 5.39 Å². The molecule has 3 aromatic carbocycles. The van der Waals surface area contributed by atoms with Gasteiger partial charge in [0.05, 0.1) is 18.7 Å². The van der Waals surface area contributed by atoms with E-state index in [1.165, 1.54) is 0 Å². The number of ether oxygens (including phenoxy) is 2. The van der Waals surface area contributed by atoms with E-state index in [1.54, 1.807) is 13.2 Å². The molecule has 0 aliphatic carbocycles. The maximum absolute atomic E-state index is 9.01. The average Bonchev–Trinajstić information content (AvgIpc) is 2.59. The van der Waals surface area contributed by atoms with Crippen LogP contribution in [0.25, 0.3) is 10.8 Å². The summed E-state index contributed by atoms with van der Waals surface area (Å²) >= 11 is 0. The molecule has 0 spiro atoms. The monoisotopic (exact) mass is 289 g/mol. The van der Waals surface area contributed by atoms with Crippen molar-refractivity contribution in [3.63, 3.8) is 0 Å². The number of rotatable bonds is 4. The summed E-state index contributed by atoms with van der Waals surface area (Å²) in [6, 6.07) is 21.5. The fourth-order valence-electron chi connectivity index (χ4n) is 2.39. The summed E-state index contributed by atoms with van der Waals surface area (Å²) in [5, 5.41) is 10.9. The first kappa shape index (κ1) is 14.0. The normalized spacial score (nSPS) is 10.2. The lowest BCUT2D eigenvalue weighted by Gasteiger charge is -2.13. The van der Waals surface area contributed by atoms with Crippen molar-refractivity contribution in [2.75, 3.05) is 7.11 Å². The van der Waals surface area contributed by atoms with Crippen molar-refractivity contribution < 1.29 is 9.47 Å². The molecule has 0 amide bonds. The minimum Gasteiger partial charge on any atom is -0.493 e. The highest BCUT2D eigenvalue weighted by Gasteiger charge is 2.10. The van der Waals surface area contributed by atoms with Crippen molar-refractivity contribution in [1.82, 2.24) is 0 Å². The fourth-order valence-corrected chi connectivity index (χ4v) is 2.39. The van der Waals surface area contributed by atoms with Gasteiger partial charge in [-0.25, -0.2) is 0 Å². The van der Waals surface area contributed by atoms with E-state index in [4.69, 9.17) is 14.7 Å². The molecule has 0 bridgehead atoms. The van der Waals surface area contributed by atoms with Gasteiger partial charge >= 0.3 is 0 Å². The summed E-state index contributed by atoms with van der Waals surface area (Å²) in [4.78, 5) is 0. The number of benzene rings is 3. The van der Waals surface area contributed by atoms with Crippen molar-refractivity contribution in [2.24, 2.45) is 0 Å². The molecule has 3 aromatic rings. The molecule has 0 aliphatic heterocycles. The quantitative estimate of drug-likeness (QED) is 0.719. The van der Waals surface area contributed by atoms with Crippen molar-refractivity contribution in [3.8, 4) is 17.6 Å². The standard InChI is InChI=1S/C19H15NO2/c1-21-18-10-8-16-11-15(12-20)7-9-17(16)19(18)22-13-14-5-3-2-4-6-14/h2-11H,13H2,1H3. The Morgan fingerprint density at radius 3 is 2.55 bits per heavy atom. The first-order valence-corrected chi connectivity index (χ1v) is 6.99. The zero-order chi connectivity index (χ0) is 15.4. The third-order valence-electron chi connectivity index (χ3n) is 3.51. The van der Waals surface area contributed by atoms with Crippen molar-refractivity contribution in [3.05, 3.63) is 71.8 Å². The van der Waals surface area contributed by atoms with Crippen LogP contribution in [0.3, 0.4) is 0 Å². The number of nitrogens with zero attached hydrogens (tertiary/aromatic N) is 1. The highest BCUT2D eigenvalue weighted by Crippen LogP contribution is 2.36. The predicted octanol–water partition coefficient (Wildman–Crippen LogP) is 4.30. The van der Waals surface area contributed by atoms with Crippen LogP contribution in [0.1, 0.15) is 11.1 Å². The van der Waals surface area contributed by atoms with Gasteiger partial charge in [0.1, 0.15) is 6.61 Å². The molecule has 0 heterocycles. The Morgan fingerprint density at radius 1 is 1.00 bits per heavy atom. The smallest absolute Gasteiger partial charge is 0.169 e. The molecule has 22 heavy (non-hydrogen) atoms. The molecule has 0 N–H and O–H groups in total. The first-order chi connectivity index (χ1) is 10.8. The van der Waals surface area contributed by atoms with Gasteiger partial charge in [-0.3, -0.25) is 0 Å². The van der Waals surface area contributed by atoms with Gasteiger partial charge in [-0.1, -0.05) is 36.4 Å². The third-order valence-corrected chi connectivity index (χ3v) is 3.51. The van der Waals surface area contributed by atoms with Crippen LogP contribution in [0.15, 0.2) is 60.7 Å². The second-order valence-electron chi connectivity index (χ2n) is 4.92. The maximum Gasteiger partial charge on any atom is 0.169 e. The van der Waals surface area contributed by atoms with Crippen LogP contribution in [0, 0.1) is 11.3 Å². The third kappa shape index (κ3) is 2.72. The van der Waals surface area contributed by atoms with Crippen LogP contribution < -0.4 is 9.47 Å². The van der Waals surface area contributed by atoms with E-state index in [0.717, 1.165) is 16.3 Å². The second-order valence-corrected chi connectivity index (χ2v) is 4.92. The molecule has 0 saturated heterocycles. The number of hydrogen-bond acceptors (Lipinski definition) is 3. The van der Waals surface area contributed by atoms with Crippen LogP contribution in [0.2, 0.25) is 0 Å². The SMILES string of the molecule is COc1ccc2cc(C#N)ccc2c1OCc1ccccc1. The van der Waals surface area contributed by atoms with Crippen molar-refractivity contribution >= 4 is 10.8 Å². The number of nitriles is 1. The first-order valence-electron chi connectivity index (χ1n) is 6.99. The lowest BCUT2D eigenvalue weighted by atomic mass is 10.1. The summed E-state index contributed by atoms with van der Waals surface area (Å²) in [7, 11) is 1.63. The van der Waals surface area contributed by atoms with Crippen LogP contribution in [-0.2, 0) is 6.61 Å². The van der Waals surface area contributed by atoms with Gasteiger partial charge in [0.25, 0.3) is 0 Å². The number of methoxy groups -OCH3 is 1. The summed E-state index contributed by atoms with van der Waals surface area (Å²) in [6.45, 7) is 0.469. The lowest BCUT2D eigenvalue weighted by Crippen LogP contribution is -1.98. The number of hydrogen-bond donors (Lipinski definition) is 0. The molecule has 3 rings (SSSR count). The van der Waals surface area contributed by atoms with E-state index in [0.29, 0.717) is 23.7 Å². The summed E-state index contributed by atoms with van der Waals surface area (Å²) in [5.74, 6) is 1.39. The highest BCUT2D eigenvalue weighted by molar-refractivity contribution is 5.91. The molecule has 0 fully saturated rings. The molecule has 0 aromatic heterocycles. The summed E-state index contributed by atoms with van der Waals surface area (Å²) in [6.07, 6.45) is 0. The second kappa shape index (κ2) is 6.19. The van der Waals surface area contributed by atoms with E-state index in [9.17, 15) is 0 Å². The summed E-state index contributed by atoms with van der Waals surface area (Å²) in [5.41, 5.74) is 1.72. The van der Waals surface area contributed by atoms with Gasteiger partial charge in [0.15, 0.2) is 11.5 Å². The van der Waals surface area contributed by atoms with E-state index in [1.807, 2.05) is 54.6 Å². The van der Waals surface area contributed by atoms with Gasteiger partial charge in [-0.05, 0) is 35.2 Å². The van der Waals surface area contributed by atoms with E-state index in [-0.39, 0.29) is 0 Å². The summed E-state index contributed by atoms with van der Waals surface area (Å²) < 4.78 is 11.4. The van der Waals surface area contributed by atoms with Crippen molar-refractivity contribution in [2.45, 2.75) is 6.61 Å². The zero-order valence-corrected chi connectivity index (χ0v) is 12.2. The lowest BCUT2D eigenvalue weighted by molar-refractivity contribution is 0.288. The Hall–Kier alpha value is -2.99. The van der Waals surface area contributed by atoms with Crippen LogP contribution in [0.5, 0.6) is 11.5 Å². The molecule has 0 aliphatic rings. The largest absolute Gasteiger partial charge is 0.493 e. The minimum atomic E-state index is 0.469. The topological polar surface area (TPSA) is 42.2 Å². The Balaban J connectivity index is 2.00. The van der Waals surface area contributed by atoms with Crippen LogP contribution in [0.4, 0.5) is 0 Å². The molecule has 0 saturated carbocycles. The van der Waals surface area contributed by atoms with Crippen LogP contribution >= 0.6 is 0 Å². The molecule has 3 nitrogen and oxygen atoms in total. The van der Waals surface area contributed by atoms with Gasteiger partial charge < -0.3 is 9.47 Å². The van der Waals surface area contributed by atoms with E-state index < -0.39 is 0 Å². The fraction of sp³-hybridized carbons (Fsp3) is 0.105. The van der Waals surface area contributed by atoms with Gasteiger partial charge in [0.2, 0.25) is 0 Å². The van der Waals surface area contributed by atoms with Crippen LogP contribution in [-0.4, -0.2) is 7.11 Å². The Bertz CT molecular complexity index is 835. The number of fused-ring (bicyclic) bond motifs is 1. The molecule has 3 heteroatoms. The predicted molar refractivity (Wildman–Crippen MR) is 86.0 cm³/mol. The van der Waals surface area contributed by atoms with Gasteiger partial charge in [-0.2, -0.15) is 5.26 Å². The molecular formula is C19H15NO2. The Kier molecular flexibility index (Phi) is 3.93. The molecule has 0 radical (unpaired) electrons. The molecule has 0 atom stereocenters. The average molecular weight is 289 g/mol. The highest BCUT2D eigenvalue weighted by atomic mass is 16.5. The van der Waals surface area contributed by atoms with E-state index in [2.05, 4.69) is 6.07 Å². The Labute approximate surface area is 129 Å². The molecule has 0 unspecified atom stereocenters. The molecular weight excluding hydrogens is 274 g/mol. The Morgan fingerprint density at radius 2 is 1.82 bits per heavy atom. The van der Waals surface area contributed by atoms with Gasteiger partial charge in [-0.15, -0.1) is 0 Å². The van der Waals surface area contributed by atoms with Crippen molar-refractivity contribution in [1.29, 1.82) is 5.26 Å². The molecule has 108 valence electrons. The zero-order valence-electron chi connectivity index (χ0n) is 12.2. The van der Waals surface area contributed by atoms with E-state index >= 15 is 0 Å². The minimum absolute atomic E-state index is 0.469. The maximum atomic E-state index is 9.01.